The van der Waals surface area contributed by atoms with Crippen LogP contribution in [0.5, 0.6) is 0 Å². The Hall–Kier alpha value is -1.18. The van der Waals surface area contributed by atoms with Crippen molar-refractivity contribution < 1.29 is 0 Å². The minimum Gasteiger partial charge on any atom is -0.375 e. The second-order valence-corrected chi connectivity index (χ2v) is 3.68. The van der Waals surface area contributed by atoms with Crippen LogP contribution in [0.3, 0.4) is 0 Å². The van der Waals surface area contributed by atoms with Gasteiger partial charge in [-0.3, -0.25) is 0 Å². The number of allylic oxidation sites excluding steroid dienone is 2. The summed E-state index contributed by atoms with van der Waals surface area (Å²) in [5.74, 6) is 1.84. The molecule has 2 unspecified atom stereocenters. The molecule has 0 amide bonds. The Kier molecular flexibility index (Phi) is 1.91. The number of hydrogen-bond donors (Lipinski definition) is 1. The molecule has 2 aliphatic rings. The molecule has 2 heteroatoms. The molecule has 0 saturated carbocycles. The highest BCUT2D eigenvalue weighted by atomic mass is 15.3. The zero-order valence-electron chi connectivity index (χ0n) is 8.41. The SMILES string of the molecule is CNC1=C(C)C2C=CC=CC2N1C. The highest BCUT2D eigenvalue weighted by molar-refractivity contribution is 5.34. The summed E-state index contributed by atoms with van der Waals surface area (Å²) in [6, 6.07) is 0.521. The monoisotopic (exact) mass is 176 g/mol. The van der Waals surface area contributed by atoms with Crippen molar-refractivity contribution in [2.75, 3.05) is 14.1 Å². The molecule has 0 spiro atoms. The lowest BCUT2D eigenvalue weighted by Crippen LogP contribution is -2.32. The van der Waals surface area contributed by atoms with E-state index in [0.717, 1.165) is 0 Å². The van der Waals surface area contributed by atoms with Crippen LogP contribution in [0.15, 0.2) is 35.7 Å². The Bertz CT molecular complexity index is 299. The van der Waals surface area contributed by atoms with Gasteiger partial charge in [-0.2, -0.15) is 0 Å². The highest BCUT2D eigenvalue weighted by Gasteiger charge is 2.33. The number of nitrogens with zero attached hydrogens (tertiary/aromatic N) is 1. The predicted octanol–water partition coefficient (Wildman–Crippen LogP) is 1.49. The fourth-order valence-electron chi connectivity index (χ4n) is 2.32. The summed E-state index contributed by atoms with van der Waals surface area (Å²) in [5.41, 5.74) is 1.44. The molecule has 0 saturated heterocycles. The average Bonchev–Trinajstić information content (AvgIpc) is 2.41. The molecule has 0 bridgehead atoms. The fraction of sp³-hybridized carbons (Fsp3) is 0.455. The van der Waals surface area contributed by atoms with Gasteiger partial charge in [-0.05, 0) is 12.5 Å². The van der Waals surface area contributed by atoms with Gasteiger partial charge in [0.05, 0.1) is 6.04 Å². The third-order valence-electron chi connectivity index (χ3n) is 3.02. The Labute approximate surface area is 79.6 Å². The molecule has 1 N–H and O–H groups in total. The molecule has 13 heavy (non-hydrogen) atoms. The number of fused-ring (bicyclic) bond motifs is 1. The first kappa shape index (κ1) is 8.42. The van der Waals surface area contributed by atoms with Crippen molar-refractivity contribution >= 4 is 0 Å². The maximum Gasteiger partial charge on any atom is 0.101 e. The molecule has 2 rings (SSSR count). The Morgan fingerprint density at radius 3 is 2.62 bits per heavy atom. The molecule has 70 valence electrons. The quantitative estimate of drug-likeness (QED) is 0.651. The summed E-state index contributed by atoms with van der Waals surface area (Å²) in [4.78, 5) is 2.31. The van der Waals surface area contributed by atoms with Crippen molar-refractivity contribution in [2.24, 2.45) is 5.92 Å². The lowest BCUT2D eigenvalue weighted by molar-refractivity contribution is 0.341. The van der Waals surface area contributed by atoms with Gasteiger partial charge in [0.25, 0.3) is 0 Å². The molecule has 1 aliphatic carbocycles. The Balaban J connectivity index is 2.36. The fourth-order valence-corrected chi connectivity index (χ4v) is 2.32. The molecule has 1 aliphatic heterocycles. The topological polar surface area (TPSA) is 15.3 Å². The van der Waals surface area contributed by atoms with Gasteiger partial charge in [0, 0.05) is 20.0 Å². The van der Waals surface area contributed by atoms with E-state index in [4.69, 9.17) is 0 Å². The largest absolute Gasteiger partial charge is 0.375 e. The third-order valence-corrected chi connectivity index (χ3v) is 3.02. The molecule has 0 radical (unpaired) electrons. The summed E-state index contributed by atoms with van der Waals surface area (Å²) in [7, 11) is 4.13. The zero-order chi connectivity index (χ0) is 9.42. The van der Waals surface area contributed by atoms with Gasteiger partial charge >= 0.3 is 0 Å². The van der Waals surface area contributed by atoms with Crippen molar-refractivity contribution in [1.82, 2.24) is 10.2 Å². The minimum absolute atomic E-state index is 0.521. The van der Waals surface area contributed by atoms with Gasteiger partial charge in [-0.25, -0.2) is 0 Å². The third kappa shape index (κ3) is 1.09. The number of nitrogens with one attached hydrogen (secondary N) is 1. The molecule has 1 heterocycles. The van der Waals surface area contributed by atoms with Gasteiger partial charge in [0.1, 0.15) is 5.82 Å². The molecule has 0 aromatic rings. The standard InChI is InChI=1S/C11H16N2/c1-8-9-6-4-5-7-10(9)13(3)11(8)12-2/h4-7,9-10,12H,1-3H3. The molecule has 0 aromatic carbocycles. The van der Waals surface area contributed by atoms with Gasteiger partial charge in [-0.15, -0.1) is 0 Å². The number of hydrogen-bond acceptors (Lipinski definition) is 2. The van der Waals surface area contributed by atoms with Crippen LogP contribution in [0.25, 0.3) is 0 Å². The summed E-state index contributed by atoms with van der Waals surface area (Å²) in [5, 5.41) is 3.26. The van der Waals surface area contributed by atoms with Crippen molar-refractivity contribution in [1.29, 1.82) is 0 Å². The minimum atomic E-state index is 0.521. The molecular weight excluding hydrogens is 160 g/mol. The van der Waals surface area contributed by atoms with Crippen LogP contribution in [0.1, 0.15) is 6.92 Å². The van der Waals surface area contributed by atoms with E-state index in [-0.39, 0.29) is 0 Å². The summed E-state index contributed by atoms with van der Waals surface area (Å²) in [6.45, 7) is 2.20. The number of rotatable bonds is 1. The lowest BCUT2D eigenvalue weighted by atomic mass is 9.92. The first-order chi connectivity index (χ1) is 6.25. The van der Waals surface area contributed by atoms with E-state index in [1.165, 1.54) is 11.4 Å². The molecule has 0 fully saturated rings. The normalized spacial score (nSPS) is 31.2. The van der Waals surface area contributed by atoms with Gasteiger partial charge in [0.15, 0.2) is 0 Å². The lowest BCUT2D eigenvalue weighted by Gasteiger charge is -2.26. The van der Waals surface area contributed by atoms with Crippen molar-refractivity contribution in [3.63, 3.8) is 0 Å². The van der Waals surface area contributed by atoms with Crippen LogP contribution < -0.4 is 5.32 Å². The van der Waals surface area contributed by atoms with Crippen molar-refractivity contribution in [3.8, 4) is 0 Å². The maximum atomic E-state index is 3.26. The predicted molar refractivity (Wildman–Crippen MR) is 55.1 cm³/mol. The smallest absolute Gasteiger partial charge is 0.101 e. The first-order valence-corrected chi connectivity index (χ1v) is 4.72. The van der Waals surface area contributed by atoms with E-state index in [1.807, 2.05) is 7.05 Å². The molecular formula is C11H16N2. The zero-order valence-corrected chi connectivity index (χ0v) is 8.41. The number of likely N-dealkylation sites (N-methyl/N-ethyl adjacent to an activating group) is 1. The first-order valence-electron chi connectivity index (χ1n) is 4.72. The molecule has 2 atom stereocenters. The Morgan fingerprint density at radius 2 is 2.00 bits per heavy atom. The van der Waals surface area contributed by atoms with Crippen LogP contribution in [-0.4, -0.2) is 25.0 Å². The van der Waals surface area contributed by atoms with Crippen LogP contribution in [0.4, 0.5) is 0 Å². The maximum absolute atomic E-state index is 3.26. The van der Waals surface area contributed by atoms with Gasteiger partial charge < -0.3 is 10.2 Å². The van der Waals surface area contributed by atoms with Crippen molar-refractivity contribution in [2.45, 2.75) is 13.0 Å². The van der Waals surface area contributed by atoms with Crippen LogP contribution >= 0.6 is 0 Å². The highest BCUT2D eigenvalue weighted by Crippen LogP contribution is 2.34. The van der Waals surface area contributed by atoms with E-state index in [9.17, 15) is 0 Å². The second kappa shape index (κ2) is 2.95. The Morgan fingerprint density at radius 1 is 1.31 bits per heavy atom. The van der Waals surface area contributed by atoms with E-state index in [0.29, 0.717) is 12.0 Å². The van der Waals surface area contributed by atoms with E-state index < -0.39 is 0 Å². The second-order valence-electron chi connectivity index (χ2n) is 3.68. The van der Waals surface area contributed by atoms with Crippen LogP contribution in [-0.2, 0) is 0 Å². The molecule has 2 nitrogen and oxygen atoms in total. The van der Waals surface area contributed by atoms with Crippen molar-refractivity contribution in [3.05, 3.63) is 35.7 Å². The van der Waals surface area contributed by atoms with Crippen LogP contribution in [0.2, 0.25) is 0 Å². The summed E-state index contributed by atoms with van der Waals surface area (Å²) >= 11 is 0. The average molecular weight is 176 g/mol. The van der Waals surface area contributed by atoms with E-state index >= 15 is 0 Å². The van der Waals surface area contributed by atoms with Gasteiger partial charge in [-0.1, -0.05) is 24.3 Å². The molecule has 0 aromatic heterocycles. The van der Waals surface area contributed by atoms with Crippen LogP contribution in [0, 0.1) is 5.92 Å². The summed E-state index contributed by atoms with van der Waals surface area (Å²) in [6.07, 6.45) is 8.81. The van der Waals surface area contributed by atoms with E-state index in [1.54, 1.807) is 0 Å². The summed E-state index contributed by atoms with van der Waals surface area (Å²) < 4.78 is 0. The van der Waals surface area contributed by atoms with Gasteiger partial charge in [0.2, 0.25) is 0 Å². The van der Waals surface area contributed by atoms with E-state index in [2.05, 4.69) is 48.5 Å².